The Morgan fingerprint density at radius 3 is 2.92 bits per heavy atom. The number of methoxy groups -OCH3 is 1. The molecule has 0 spiro atoms. The molecule has 0 radical (unpaired) electrons. The van der Waals surface area contributed by atoms with E-state index >= 15 is 0 Å². The number of benzene rings is 1. The summed E-state index contributed by atoms with van der Waals surface area (Å²) in [5, 5.41) is 3.44. The van der Waals surface area contributed by atoms with Crippen molar-refractivity contribution >= 4 is 23.4 Å². The van der Waals surface area contributed by atoms with Gasteiger partial charge in [-0.15, -0.1) is 0 Å². The Kier molecular flexibility index (Phi) is 4.44. The van der Waals surface area contributed by atoms with Gasteiger partial charge in [0.1, 0.15) is 22.4 Å². The number of halogens is 1. The largest absolute Gasteiger partial charge is 0.493 e. The summed E-state index contributed by atoms with van der Waals surface area (Å²) < 4.78 is 10.4. The van der Waals surface area contributed by atoms with Crippen LogP contribution >= 0.6 is 11.6 Å². The second-order valence-corrected chi connectivity index (χ2v) is 7.17. The molecule has 0 amide bonds. The molecule has 0 saturated heterocycles. The van der Waals surface area contributed by atoms with E-state index in [9.17, 15) is 4.79 Å². The van der Waals surface area contributed by atoms with E-state index in [-0.39, 0.29) is 10.7 Å². The van der Waals surface area contributed by atoms with E-state index in [2.05, 4.69) is 28.3 Å². The predicted molar refractivity (Wildman–Crippen MR) is 98.0 cm³/mol. The third-order valence-corrected chi connectivity index (χ3v) is 5.10. The monoisotopic (exact) mass is 373 g/mol. The number of anilines is 1. The van der Waals surface area contributed by atoms with Crippen LogP contribution in [-0.4, -0.2) is 29.7 Å². The van der Waals surface area contributed by atoms with E-state index in [1.165, 1.54) is 12.7 Å². The minimum atomic E-state index is -0.550. The Morgan fingerprint density at radius 2 is 2.19 bits per heavy atom. The van der Waals surface area contributed by atoms with Gasteiger partial charge in [0, 0.05) is 23.9 Å². The number of fused-ring (bicyclic) bond motifs is 1. The maximum Gasteiger partial charge on any atom is 0.358 e. The molecule has 1 saturated carbocycles. The van der Waals surface area contributed by atoms with E-state index < -0.39 is 5.97 Å². The molecule has 1 unspecified atom stereocenters. The average molecular weight is 374 g/mol. The molecule has 26 heavy (non-hydrogen) atoms. The van der Waals surface area contributed by atoms with Crippen molar-refractivity contribution in [3.63, 3.8) is 0 Å². The fraction of sp³-hybridized carbons (Fsp3) is 0.421. The van der Waals surface area contributed by atoms with Gasteiger partial charge in [-0.3, -0.25) is 0 Å². The molecular formula is C19H20ClN3O3. The van der Waals surface area contributed by atoms with Crippen molar-refractivity contribution in [3.05, 3.63) is 45.9 Å². The molecule has 1 N–H and O–H groups in total. The Hall–Kier alpha value is -2.34. The normalized spacial score (nSPS) is 18.2. The lowest BCUT2D eigenvalue weighted by Gasteiger charge is -2.12. The molecule has 1 aromatic carbocycles. The van der Waals surface area contributed by atoms with Crippen molar-refractivity contribution in [1.29, 1.82) is 0 Å². The lowest BCUT2D eigenvalue weighted by molar-refractivity contribution is 0.0593. The van der Waals surface area contributed by atoms with Crippen molar-refractivity contribution in [2.45, 2.75) is 38.1 Å². The van der Waals surface area contributed by atoms with Gasteiger partial charge in [0.25, 0.3) is 0 Å². The van der Waals surface area contributed by atoms with Gasteiger partial charge < -0.3 is 14.8 Å². The number of hydrogen-bond acceptors (Lipinski definition) is 6. The quantitative estimate of drug-likeness (QED) is 0.801. The van der Waals surface area contributed by atoms with E-state index in [0.717, 1.165) is 30.8 Å². The second kappa shape index (κ2) is 6.76. The highest BCUT2D eigenvalue weighted by molar-refractivity contribution is 6.35. The second-order valence-electron chi connectivity index (χ2n) is 6.80. The summed E-state index contributed by atoms with van der Waals surface area (Å²) in [5.74, 6) is 2.20. The summed E-state index contributed by atoms with van der Waals surface area (Å²) in [4.78, 5) is 20.8. The van der Waals surface area contributed by atoms with Gasteiger partial charge in [-0.2, -0.15) is 0 Å². The SMILES string of the molecule is COC(=O)c1nc(C2CC2)nc(NCc2ccc3c(c2)C(C)CO3)c1Cl. The summed E-state index contributed by atoms with van der Waals surface area (Å²) in [7, 11) is 1.32. The summed E-state index contributed by atoms with van der Waals surface area (Å²) in [6.07, 6.45) is 2.06. The number of esters is 1. The van der Waals surface area contributed by atoms with Gasteiger partial charge in [-0.1, -0.05) is 24.6 Å². The first-order valence-electron chi connectivity index (χ1n) is 8.72. The number of carbonyl (C=O) groups is 1. The van der Waals surface area contributed by atoms with Gasteiger partial charge >= 0.3 is 5.97 Å². The van der Waals surface area contributed by atoms with Crippen LogP contribution in [0.15, 0.2) is 18.2 Å². The minimum absolute atomic E-state index is 0.115. The van der Waals surface area contributed by atoms with Crippen LogP contribution in [0.5, 0.6) is 5.75 Å². The van der Waals surface area contributed by atoms with Crippen LogP contribution in [0.4, 0.5) is 5.82 Å². The molecular weight excluding hydrogens is 354 g/mol. The predicted octanol–water partition coefficient (Wildman–Crippen LogP) is 3.90. The first kappa shape index (κ1) is 17.1. The van der Waals surface area contributed by atoms with E-state index in [1.54, 1.807) is 0 Å². The fourth-order valence-corrected chi connectivity index (χ4v) is 3.28. The molecule has 0 bridgehead atoms. The third kappa shape index (κ3) is 3.21. The molecule has 1 aliphatic carbocycles. The zero-order valence-corrected chi connectivity index (χ0v) is 15.5. The first-order valence-corrected chi connectivity index (χ1v) is 9.10. The number of nitrogens with one attached hydrogen (secondary N) is 1. The highest BCUT2D eigenvalue weighted by Gasteiger charge is 2.30. The number of aromatic nitrogens is 2. The minimum Gasteiger partial charge on any atom is -0.493 e. The van der Waals surface area contributed by atoms with Crippen LogP contribution in [0, 0.1) is 0 Å². The van der Waals surface area contributed by atoms with Crippen molar-refractivity contribution in [2.24, 2.45) is 0 Å². The molecule has 1 aromatic heterocycles. The number of hydrogen-bond donors (Lipinski definition) is 1. The maximum atomic E-state index is 12.0. The Morgan fingerprint density at radius 1 is 1.38 bits per heavy atom. The van der Waals surface area contributed by atoms with Crippen molar-refractivity contribution < 1.29 is 14.3 Å². The average Bonchev–Trinajstić information content (AvgIpc) is 3.44. The van der Waals surface area contributed by atoms with Crippen molar-refractivity contribution in [3.8, 4) is 5.75 Å². The standard InChI is InChI=1S/C19H20ClN3O3/c1-10-9-26-14-6-3-11(7-13(10)14)8-21-18-15(20)16(19(24)25-2)22-17(23-18)12-4-5-12/h3,6-7,10,12H,4-5,8-9H2,1-2H3,(H,21,22,23). The van der Waals surface area contributed by atoms with Crippen molar-refractivity contribution in [2.75, 3.05) is 19.0 Å². The lowest BCUT2D eigenvalue weighted by Crippen LogP contribution is -2.12. The zero-order chi connectivity index (χ0) is 18.3. The molecule has 4 rings (SSSR count). The molecule has 136 valence electrons. The third-order valence-electron chi connectivity index (χ3n) is 4.74. The molecule has 2 heterocycles. The molecule has 1 atom stereocenters. The fourth-order valence-electron chi connectivity index (χ4n) is 3.05. The van der Waals surface area contributed by atoms with Crippen LogP contribution in [-0.2, 0) is 11.3 Å². The highest BCUT2D eigenvalue weighted by Crippen LogP contribution is 2.40. The van der Waals surface area contributed by atoms with Crippen LogP contribution < -0.4 is 10.1 Å². The van der Waals surface area contributed by atoms with Gasteiger partial charge in [-0.25, -0.2) is 14.8 Å². The smallest absolute Gasteiger partial charge is 0.358 e. The molecule has 7 heteroatoms. The summed E-state index contributed by atoms with van der Waals surface area (Å²) in [5.41, 5.74) is 2.43. The van der Waals surface area contributed by atoms with Crippen LogP contribution in [0.1, 0.15) is 59.0 Å². The topological polar surface area (TPSA) is 73.3 Å². The Balaban J connectivity index is 1.59. The van der Waals surface area contributed by atoms with Gasteiger partial charge in [-0.05, 0) is 30.5 Å². The molecule has 1 fully saturated rings. The van der Waals surface area contributed by atoms with Gasteiger partial charge in [0.2, 0.25) is 0 Å². The number of carbonyl (C=O) groups excluding carboxylic acids is 1. The molecule has 2 aliphatic rings. The number of rotatable bonds is 5. The van der Waals surface area contributed by atoms with Gasteiger partial charge in [0.05, 0.1) is 13.7 Å². The lowest BCUT2D eigenvalue weighted by atomic mass is 10.0. The molecule has 2 aromatic rings. The Labute approximate surface area is 156 Å². The van der Waals surface area contributed by atoms with Crippen LogP contribution in [0.25, 0.3) is 0 Å². The zero-order valence-electron chi connectivity index (χ0n) is 14.7. The maximum absolute atomic E-state index is 12.0. The van der Waals surface area contributed by atoms with Crippen LogP contribution in [0.2, 0.25) is 5.02 Å². The Bertz CT molecular complexity index is 867. The molecule has 6 nitrogen and oxygen atoms in total. The number of ether oxygens (including phenoxy) is 2. The van der Waals surface area contributed by atoms with E-state index in [4.69, 9.17) is 21.1 Å². The van der Waals surface area contributed by atoms with Gasteiger partial charge in [0.15, 0.2) is 5.69 Å². The summed E-state index contributed by atoms with van der Waals surface area (Å²) in [6.45, 7) is 3.41. The highest BCUT2D eigenvalue weighted by atomic mass is 35.5. The van der Waals surface area contributed by atoms with E-state index in [1.807, 2.05) is 12.1 Å². The van der Waals surface area contributed by atoms with Crippen LogP contribution in [0.3, 0.4) is 0 Å². The van der Waals surface area contributed by atoms with Crippen molar-refractivity contribution in [1.82, 2.24) is 9.97 Å². The summed E-state index contributed by atoms with van der Waals surface area (Å²) in [6, 6.07) is 6.15. The van der Waals surface area contributed by atoms with E-state index in [0.29, 0.717) is 30.0 Å². The molecule has 1 aliphatic heterocycles. The first-order chi connectivity index (χ1) is 12.6. The number of nitrogens with zero attached hydrogens (tertiary/aromatic N) is 2. The summed E-state index contributed by atoms with van der Waals surface area (Å²) >= 11 is 6.35.